The summed E-state index contributed by atoms with van der Waals surface area (Å²) in [4.78, 5) is 11.5. The summed E-state index contributed by atoms with van der Waals surface area (Å²) in [6, 6.07) is 7.89. The van der Waals surface area contributed by atoms with Crippen molar-refractivity contribution < 1.29 is 4.79 Å². The van der Waals surface area contributed by atoms with Crippen molar-refractivity contribution in [2.75, 3.05) is 0 Å². The Balaban J connectivity index is 1.83. The summed E-state index contributed by atoms with van der Waals surface area (Å²) in [5.41, 5.74) is 1.94. The van der Waals surface area contributed by atoms with Crippen LogP contribution in [0.25, 0.3) is 0 Å². The van der Waals surface area contributed by atoms with Crippen molar-refractivity contribution in [3.63, 3.8) is 0 Å². The van der Waals surface area contributed by atoms with E-state index >= 15 is 0 Å². The van der Waals surface area contributed by atoms with Crippen molar-refractivity contribution in [1.82, 2.24) is 0 Å². The Hall–Kier alpha value is -0.760. The molecule has 0 saturated carbocycles. The van der Waals surface area contributed by atoms with Gasteiger partial charge in [-0.15, -0.1) is 12.6 Å². The molecule has 28 heavy (non-hydrogen) atoms. The third-order valence-electron chi connectivity index (χ3n) is 5.80. The van der Waals surface area contributed by atoms with Crippen molar-refractivity contribution in [3.8, 4) is 0 Å². The molecule has 0 radical (unpaired) electrons. The second-order valence-electron chi connectivity index (χ2n) is 8.37. The zero-order valence-electron chi connectivity index (χ0n) is 18.4. The molecule has 1 nitrogen and oxygen atoms in total. The molecule has 2 heteroatoms. The second kappa shape index (κ2) is 18.3. The van der Waals surface area contributed by atoms with Gasteiger partial charge in [-0.1, -0.05) is 134 Å². The predicted octanol–water partition coefficient (Wildman–Crippen LogP) is 8.95. The number of benzene rings is 1. The number of hydrogen-bond acceptors (Lipinski definition) is 1. The molecule has 0 heterocycles. The van der Waals surface area contributed by atoms with Gasteiger partial charge in [-0.2, -0.15) is 0 Å². The fourth-order valence-corrected chi connectivity index (χ4v) is 4.21. The Bertz CT molecular complexity index is 497. The first-order chi connectivity index (χ1) is 13.8. The van der Waals surface area contributed by atoms with Crippen LogP contribution in [0.15, 0.2) is 24.3 Å². The van der Waals surface area contributed by atoms with E-state index in [1.807, 2.05) is 18.2 Å². The van der Waals surface area contributed by atoms with Crippen LogP contribution in [0.2, 0.25) is 0 Å². The van der Waals surface area contributed by atoms with Crippen LogP contribution in [-0.2, 0) is 6.42 Å². The van der Waals surface area contributed by atoms with E-state index in [1.165, 1.54) is 109 Å². The minimum absolute atomic E-state index is 0.109. The molecule has 1 rings (SSSR count). The van der Waals surface area contributed by atoms with Gasteiger partial charge >= 0.3 is 0 Å². The quantitative estimate of drug-likeness (QED) is 0.180. The molecule has 0 aliphatic carbocycles. The van der Waals surface area contributed by atoms with Gasteiger partial charge < -0.3 is 0 Å². The molecule has 0 atom stereocenters. The van der Waals surface area contributed by atoms with Crippen molar-refractivity contribution in [2.45, 2.75) is 122 Å². The Morgan fingerprint density at radius 1 is 0.643 bits per heavy atom. The lowest BCUT2D eigenvalue weighted by atomic mass is 10.0. The number of hydrogen-bond donors (Lipinski definition) is 1. The molecule has 0 unspecified atom stereocenters. The molecule has 0 aliphatic rings. The zero-order valence-corrected chi connectivity index (χ0v) is 19.3. The third kappa shape index (κ3) is 13.4. The van der Waals surface area contributed by atoms with Crippen molar-refractivity contribution in [3.05, 3.63) is 35.4 Å². The number of aryl methyl sites for hydroxylation is 1. The lowest BCUT2D eigenvalue weighted by Crippen LogP contribution is -1.97. The summed E-state index contributed by atoms with van der Waals surface area (Å²) in [5.74, 6) is 0. The SMILES string of the molecule is CCCCCCCCCCCCCCCCCCCc1ccccc1C(=O)S. The van der Waals surface area contributed by atoms with Gasteiger partial charge in [0.1, 0.15) is 0 Å². The molecule has 0 fully saturated rings. The Morgan fingerprint density at radius 3 is 1.46 bits per heavy atom. The first-order valence-electron chi connectivity index (χ1n) is 12.1. The molecule has 0 aliphatic heterocycles. The van der Waals surface area contributed by atoms with Gasteiger partial charge in [0.2, 0.25) is 5.12 Å². The van der Waals surface area contributed by atoms with Gasteiger partial charge in [0.15, 0.2) is 0 Å². The van der Waals surface area contributed by atoms with E-state index < -0.39 is 0 Å². The monoisotopic (exact) mass is 404 g/mol. The van der Waals surface area contributed by atoms with Crippen LogP contribution in [0.3, 0.4) is 0 Å². The van der Waals surface area contributed by atoms with Gasteiger partial charge in [-0.05, 0) is 18.4 Å². The maximum atomic E-state index is 11.5. The van der Waals surface area contributed by atoms with E-state index in [0.29, 0.717) is 0 Å². The van der Waals surface area contributed by atoms with Crippen molar-refractivity contribution >= 4 is 17.7 Å². The molecule has 0 saturated heterocycles. The predicted molar refractivity (Wildman–Crippen MR) is 128 cm³/mol. The summed E-state index contributed by atoms with van der Waals surface area (Å²) < 4.78 is 0. The highest BCUT2D eigenvalue weighted by Gasteiger charge is 2.06. The van der Waals surface area contributed by atoms with Crippen LogP contribution in [0.5, 0.6) is 0 Å². The summed E-state index contributed by atoms with van der Waals surface area (Å²) >= 11 is 3.98. The normalized spacial score (nSPS) is 11.1. The minimum atomic E-state index is -0.109. The summed E-state index contributed by atoms with van der Waals surface area (Å²) in [6.07, 6.45) is 24.7. The van der Waals surface area contributed by atoms with Crippen molar-refractivity contribution in [1.29, 1.82) is 0 Å². The van der Waals surface area contributed by atoms with Crippen LogP contribution in [-0.4, -0.2) is 5.12 Å². The largest absolute Gasteiger partial charge is 0.282 e. The number of carbonyl (C=O) groups is 1. The standard InChI is InChI=1S/C26H44OS/c1-2-3-4-5-6-7-8-9-10-11-12-13-14-15-16-17-18-21-24-22-19-20-23-25(24)26(27)28/h19-20,22-23H,2-18,21H2,1H3,(H,27,28). The molecular formula is C26H44OS. The molecule has 160 valence electrons. The van der Waals surface area contributed by atoms with Crippen LogP contribution >= 0.6 is 12.6 Å². The van der Waals surface area contributed by atoms with Crippen molar-refractivity contribution in [2.24, 2.45) is 0 Å². The van der Waals surface area contributed by atoms with E-state index in [1.54, 1.807) is 0 Å². The summed E-state index contributed by atoms with van der Waals surface area (Å²) in [5, 5.41) is -0.109. The average Bonchev–Trinajstić information content (AvgIpc) is 2.70. The first kappa shape index (κ1) is 25.3. The molecule has 1 aromatic rings. The maximum absolute atomic E-state index is 11.5. The lowest BCUT2D eigenvalue weighted by Gasteiger charge is -2.06. The molecular weight excluding hydrogens is 360 g/mol. The summed E-state index contributed by atoms with van der Waals surface area (Å²) in [6.45, 7) is 2.29. The van der Waals surface area contributed by atoms with Crippen LogP contribution in [0.4, 0.5) is 0 Å². The van der Waals surface area contributed by atoms with Gasteiger partial charge in [0.25, 0.3) is 0 Å². The molecule has 0 amide bonds. The molecule has 1 aromatic carbocycles. The fourth-order valence-electron chi connectivity index (χ4n) is 3.99. The van der Waals surface area contributed by atoms with Crippen LogP contribution < -0.4 is 0 Å². The van der Waals surface area contributed by atoms with E-state index in [-0.39, 0.29) is 5.12 Å². The zero-order chi connectivity index (χ0) is 20.3. The van der Waals surface area contributed by atoms with Gasteiger partial charge in [-0.25, -0.2) is 0 Å². The Kier molecular flexibility index (Phi) is 16.5. The topological polar surface area (TPSA) is 17.1 Å². The number of unbranched alkanes of at least 4 members (excludes halogenated alkanes) is 16. The van der Waals surface area contributed by atoms with Crippen LogP contribution in [0, 0.1) is 0 Å². The molecule has 0 bridgehead atoms. The average molecular weight is 405 g/mol. The highest BCUT2D eigenvalue weighted by molar-refractivity contribution is 7.97. The minimum Gasteiger partial charge on any atom is -0.282 e. The van der Waals surface area contributed by atoms with E-state index in [9.17, 15) is 4.79 Å². The molecule has 0 spiro atoms. The third-order valence-corrected chi connectivity index (χ3v) is 6.04. The Labute approximate surface area is 180 Å². The summed E-state index contributed by atoms with van der Waals surface area (Å²) in [7, 11) is 0. The highest BCUT2D eigenvalue weighted by atomic mass is 32.1. The lowest BCUT2D eigenvalue weighted by molar-refractivity contribution is 0.109. The fraction of sp³-hybridized carbons (Fsp3) is 0.731. The van der Waals surface area contributed by atoms with Crippen LogP contribution in [0.1, 0.15) is 132 Å². The number of carbonyl (C=O) groups excluding carboxylic acids is 1. The van der Waals surface area contributed by atoms with Gasteiger partial charge in [0, 0.05) is 5.56 Å². The highest BCUT2D eigenvalue weighted by Crippen LogP contribution is 2.17. The number of rotatable bonds is 19. The molecule has 0 N–H and O–H groups in total. The van der Waals surface area contributed by atoms with Gasteiger partial charge in [0.05, 0.1) is 0 Å². The Morgan fingerprint density at radius 2 is 1.04 bits per heavy atom. The first-order valence-corrected chi connectivity index (χ1v) is 12.5. The van der Waals surface area contributed by atoms with Gasteiger partial charge in [-0.3, -0.25) is 4.79 Å². The number of thiol groups is 1. The van der Waals surface area contributed by atoms with E-state index in [4.69, 9.17) is 0 Å². The van der Waals surface area contributed by atoms with E-state index in [2.05, 4.69) is 25.6 Å². The molecule has 0 aromatic heterocycles. The smallest absolute Gasteiger partial charge is 0.216 e. The van der Waals surface area contributed by atoms with E-state index in [0.717, 1.165) is 17.5 Å². The second-order valence-corrected chi connectivity index (χ2v) is 8.78. The maximum Gasteiger partial charge on any atom is 0.216 e.